The quantitative estimate of drug-likeness (QED) is 0.674. The molecule has 0 aromatic heterocycles. The van der Waals surface area contributed by atoms with Crippen molar-refractivity contribution in [3.05, 3.63) is 12.2 Å². The van der Waals surface area contributed by atoms with Crippen molar-refractivity contribution in [2.24, 2.45) is 0 Å². The van der Waals surface area contributed by atoms with Gasteiger partial charge < -0.3 is 5.32 Å². The van der Waals surface area contributed by atoms with Crippen molar-refractivity contribution in [2.45, 2.75) is 44.2 Å². The lowest BCUT2D eigenvalue weighted by Gasteiger charge is -2.38. The standard InChI is InChI=1S/C12H22N2/c1-13-11-6-5-9-14(10-11)12-7-3-2-4-8-12/h3,7,11-13H,2,4-6,8-10H2,1H3. The van der Waals surface area contributed by atoms with Crippen LogP contribution in [0, 0.1) is 0 Å². The van der Waals surface area contributed by atoms with E-state index in [9.17, 15) is 0 Å². The Morgan fingerprint density at radius 2 is 2.21 bits per heavy atom. The van der Waals surface area contributed by atoms with Crippen molar-refractivity contribution in [1.29, 1.82) is 0 Å². The summed E-state index contributed by atoms with van der Waals surface area (Å²) in [5.41, 5.74) is 0. The first-order chi connectivity index (χ1) is 6.90. The Labute approximate surface area is 87.4 Å². The summed E-state index contributed by atoms with van der Waals surface area (Å²) < 4.78 is 0. The van der Waals surface area contributed by atoms with Crippen LogP contribution in [-0.2, 0) is 0 Å². The molecule has 14 heavy (non-hydrogen) atoms. The average molecular weight is 194 g/mol. The van der Waals surface area contributed by atoms with Crippen LogP contribution in [0.15, 0.2) is 12.2 Å². The summed E-state index contributed by atoms with van der Waals surface area (Å²) in [6.45, 7) is 2.54. The molecule has 2 atom stereocenters. The average Bonchev–Trinajstić information content (AvgIpc) is 2.30. The van der Waals surface area contributed by atoms with Crippen molar-refractivity contribution in [1.82, 2.24) is 10.2 Å². The Balaban J connectivity index is 1.89. The van der Waals surface area contributed by atoms with Gasteiger partial charge in [0.25, 0.3) is 0 Å². The molecule has 0 amide bonds. The van der Waals surface area contributed by atoms with Crippen LogP contribution >= 0.6 is 0 Å². The highest BCUT2D eigenvalue weighted by molar-refractivity contribution is 5.00. The number of nitrogens with one attached hydrogen (secondary N) is 1. The van der Waals surface area contributed by atoms with E-state index in [-0.39, 0.29) is 0 Å². The SMILES string of the molecule is CNC1CCCN(C2C=CCCC2)C1. The predicted molar refractivity (Wildman–Crippen MR) is 60.4 cm³/mol. The van der Waals surface area contributed by atoms with Gasteiger partial charge in [0, 0.05) is 18.6 Å². The van der Waals surface area contributed by atoms with Crippen molar-refractivity contribution >= 4 is 0 Å². The monoisotopic (exact) mass is 194 g/mol. The van der Waals surface area contributed by atoms with Crippen molar-refractivity contribution in [2.75, 3.05) is 20.1 Å². The minimum Gasteiger partial charge on any atom is -0.316 e. The lowest BCUT2D eigenvalue weighted by Crippen LogP contribution is -2.48. The Kier molecular flexibility index (Phi) is 3.60. The molecule has 1 aliphatic carbocycles. The zero-order valence-corrected chi connectivity index (χ0v) is 9.21. The Morgan fingerprint density at radius 3 is 2.93 bits per heavy atom. The van der Waals surface area contributed by atoms with Crippen LogP contribution in [0.1, 0.15) is 32.1 Å². The summed E-state index contributed by atoms with van der Waals surface area (Å²) in [4.78, 5) is 2.65. The molecule has 0 aromatic carbocycles. The zero-order valence-electron chi connectivity index (χ0n) is 9.21. The van der Waals surface area contributed by atoms with Gasteiger partial charge in [-0.05, 0) is 45.7 Å². The van der Waals surface area contributed by atoms with Crippen LogP contribution in [-0.4, -0.2) is 37.1 Å². The second kappa shape index (κ2) is 4.94. The molecule has 2 unspecified atom stereocenters. The third-order valence-corrected chi connectivity index (χ3v) is 3.56. The molecule has 2 aliphatic rings. The number of hydrogen-bond acceptors (Lipinski definition) is 2. The number of likely N-dealkylation sites (tertiary alicyclic amines) is 1. The maximum absolute atomic E-state index is 3.41. The van der Waals surface area contributed by atoms with E-state index in [4.69, 9.17) is 0 Å². The van der Waals surface area contributed by atoms with E-state index in [1.807, 2.05) is 0 Å². The first-order valence-electron chi connectivity index (χ1n) is 5.98. The van der Waals surface area contributed by atoms with Crippen molar-refractivity contribution in [3.8, 4) is 0 Å². The van der Waals surface area contributed by atoms with Crippen LogP contribution in [0.2, 0.25) is 0 Å². The molecule has 1 aliphatic heterocycles. The van der Waals surface area contributed by atoms with Crippen LogP contribution in [0.5, 0.6) is 0 Å². The molecular formula is C12H22N2. The normalized spacial score (nSPS) is 34.6. The number of nitrogens with zero attached hydrogens (tertiary/aromatic N) is 1. The summed E-state index contributed by atoms with van der Waals surface area (Å²) >= 11 is 0. The van der Waals surface area contributed by atoms with Gasteiger partial charge in [-0.25, -0.2) is 0 Å². The van der Waals surface area contributed by atoms with Gasteiger partial charge in [0.05, 0.1) is 0 Å². The maximum Gasteiger partial charge on any atom is 0.0278 e. The molecule has 1 fully saturated rings. The second-order valence-electron chi connectivity index (χ2n) is 4.55. The lowest BCUT2D eigenvalue weighted by atomic mass is 9.97. The van der Waals surface area contributed by atoms with Gasteiger partial charge in [-0.3, -0.25) is 4.90 Å². The fourth-order valence-corrected chi connectivity index (χ4v) is 2.64. The van der Waals surface area contributed by atoms with E-state index >= 15 is 0 Å². The minimum atomic E-state index is 0.721. The first kappa shape index (κ1) is 10.2. The second-order valence-corrected chi connectivity index (χ2v) is 4.55. The fourth-order valence-electron chi connectivity index (χ4n) is 2.64. The molecule has 2 nitrogen and oxygen atoms in total. The third kappa shape index (κ3) is 2.37. The van der Waals surface area contributed by atoms with Gasteiger partial charge in [-0.1, -0.05) is 12.2 Å². The number of rotatable bonds is 2. The van der Waals surface area contributed by atoms with Gasteiger partial charge in [-0.15, -0.1) is 0 Å². The molecule has 0 spiro atoms. The van der Waals surface area contributed by atoms with Gasteiger partial charge >= 0.3 is 0 Å². The number of piperidine rings is 1. The molecule has 2 rings (SSSR count). The summed E-state index contributed by atoms with van der Waals surface area (Å²) in [6.07, 6.45) is 11.5. The molecular weight excluding hydrogens is 172 g/mol. The highest BCUT2D eigenvalue weighted by Gasteiger charge is 2.23. The topological polar surface area (TPSA) is 15.3 Å². The van der Waals surface area contributed by atoms with Gasteiger partial charge in [0.15, 0.2) is 0 Å². The van der Waals surface area contributed by atoms with E-state index in [1.54, 1.807) is 0 Å². The molecule has 1 heterocycles. The van der Waals surface area contributed by atoms with E-state index in [2.05, 4.69) is 29.4 Å². The molecule has 80 valence electrons. The van der Waals surface area contributed by atoms with Crippen LogP contribution in [0.25, 0.3) is 0 Å². The lowest BCUT2D eigenvalue weighted by molar-refractivity contribution is 0.153. The fraction of sp³-hybridized carbons (Fsp3) is 0.833. The molecule has 2 heteroatoms. The number of hydrogen-bond donors (Lipinski definition) is 1. The largest absolute Gasteiger partial charge is 0.316 e. The van der Waals surface area contributed by atoms with Crippen LogP contribution in [0.4, 0.5) is 0 Å². The third-order valence-electron chi connectivity index (χ3n) is 3.56. The molecule has 0 radical (unpaired) electrons. The summed E-state index contributed by atoms with van der Waals surface area (Å²) in [7, 11) is 2.09. The van der Waals surface area contributed by atoms with Crippen LogP contribution in [0.3, 0.4) is 0 Å². The summed E-state index contributed by atoms with van der Waals surface area (Å²) in [5.74, 6) is 0. The van der Waals surface area contributed by atoms with E-state index < -0.39 is 0 Å². The number of likely N-dealkylation sites (N-methyl/N-ethyl adjacent to an activating group) is 1. The van der Waals surface area contributed by atoms with Gasteiger partial charge in [0.1, 0.15) is 0 Å². The Morgan fingerprint density at radius 1 is 1.29 bits per heavy atom. The summed E-state index contributed by atoms with van der Waals surface area (Å²) in [6, 6.07) is 1.46. The smallest absolute Gasteiger partial charge is 0.0278 e. The predicted octanol–water partition coefficient (Wildman–Crippen LogP) is 1.78. The maximum atomic E-state index is 3.41. The minimum absolute atomic E-state index is 0.721. The van der Waals surface area contributed by atoms with Crippen LogP contribution < -0.4 is 5.32 Å². The number of allylic oxidation sites excluding steroid dienone is 1. The first-order valence-corrected chi connectivity index (χ1v) is 5.98. The van der Waals surface area contributed by atoms with E-state index in [0.717, 1.165) is 12.1 Å². The Hall–Kier alpha value is -0.340. The highest BCUT2D eigenvalue weighted by atomic mass is 15.2. The molecule has 0 saturated carbocycles. The Bertz CT molecular complexity index is 200. The highest BCUT2D eigenvalue weighted by Crippen LogP contribution is 2.20. The van der Waals surface area contributed by atoms with E-state index in [0.29, 0.717) is 0 Å². The zero-order chi connectivity index (χ0) is 9.80. The molecule has 0 bridgehead atoms. The molecule has 0 aromatic rings. The molecule has 1 saturated heterocycles. The van der Waals surface area contributed by atoms with E-state index in [1.165, 1.54) is 45.2 Å². The summed E-state index contributed by atoms with van der Waals surface area (Å²) in [5, 5.41) is 3.41. The van der Waals surface area contributed by atoms with Gasteiger partial charge in [0.2, 0.25) is 0 Å². The van der Waals surface area contributed by atoms with Crippen molar-refractivity contribution < 1.29 is 0 Å². The van der Waals surface area contributed by atoms with Crippen molar-refractivity contribution in [3.63, 3.8) is 0 Å². The van der Waals surface area contributed by atoms with Gasteiger partial charge in [-0.2, -0.15) is 0 Å². The molecule has 1 N–H and O–H groups in total.